The molecule has 0 aliphatic heterocycles. The van der Waals surface area contributed by atoms with Gasteiger partial charge < -0.3 is 0 Å². The molecule has 0 heterocycles. The number of hydrogen-bond donors (Lipinski definition) is 0. The predicted molar refractivity (Wildman–Crippen MR) is 69.3 cm³/mol. The first-order valence-corrected chi connectivity index (χ1v) is 6.10. The van der Waals surface area contributed by atoms with Crippen LogP contribution >= 0.6 is 0 Å². The molecular weight excluding hydrogens is 196 g/mol. The van der Waals surface area contributed by atoms with E-state index >= 15 is 0 Å². The van der Waals surface area contributed by atoms with Crippen molar-refractivity contribution < 1.29 is 4.79 Å². The van der Waals surface area contributed by atoms with Crippen molar-refractivity contribution in [2.45, 2.75) is 46.5 Å². The number of aldehydes is 1. The molecule has 0 fully saturated rings. The zero-order chi connectivity index (χ0) is 12.0. The van der Waals surface area contributed by atoms with Crippen molar-refractivity contribution in [2.24, 2.45) is 5.92 Å². The van der Waals surface area contributed by atoms with Crippen LogP contribution in [0.4, 0.5) is 0 Å². The molecular formula is C15H22O. The second-order valence-electron chi connectivity index (χ2n) is 4.78. The van der Waals surface area contributed by atoms with Crippen molar-refractivity contribution in [1.29, 1.82) is 0 Å². The summed E-state index contributed by atoms with van der Waals surface area (Å²) in [7, 11) is 0. The molecule has 0 aromatic rings. The molecule has 0 saturated heterocycles. The van der Waals surface area contributed by atoms with Crippen molar-refractivity contribution in [3.05, 3.63) is 34.9 Å². The Morgan fingerprint density at radius 2 is 2.19 bits per heavy atom. The highest BCUT2D eigenvalue weighted by atomic mass is 16.1. The molecule has 1 atom stereocenters. The third-order valence-electron chi connectivity index (χ3n) is 3.26. The van der Waals surface area contributed by atoms with Crippen LogP contribution in [0.15, 0.2) is 34.9 Å². The zero-order valence-electron chi connectivity index (χ0n) is 10.6. The average molecular weight is 218 g/mol. The summed E-state index contributed by atoms with van der Waals surface area (Å²) >= 11 is 0. The van der Waals surface area contributed by atoms with Crippen LogP contribution < -0.4 is 0 Å². The Morgan fingerprint density at radius 1 is 1.44 bits per heavy atom. The van der Waals surface area contributed by atoms with Crippen LogP contribution in [0.5, 0.6) is 0 Å². The molecule has 16 heavy (non-hydrogen) atoms. The number of carbonyl (C=O) groups is 1. The Morgan fingerprint density at radius 3 is 2.75 bits per heavy atom. The third-order valence-corrected chi connectivity index (χ3v) is 3.26. The van der Waals surface area contributed by atoms with Gasteiger partial charge in [0.1, 0.15) is 6.29 Å². The maximum absolute atomic E-state index is 10.4. The van der Waals surface area contributed by atoms with E-state index in [9.17, 15) is 4.79 Å². The van der Waals surface area contributed by atoms with Crippen LogP contribution in [0.2, 0.25) is 0 Å². The number of rotatable bonds is 5. The van der Waals surface area contributed by atoms with Crippen LogP contribution in [0.1, 0.15) is 46.5 Å². The lowest BCUT2D eigenvalue weighted by Crippen LogP contribution is -2.02. The first-order chi connectivity index (χ1) is 7.63. The van der Waals surface area contributed by atoms with Gasteiger partial charge in [0.2, 0.25) is 0 Å². The normalized spacial score (nSPS) is 18.8. The highest BCUT2D eigenvalue weighted by Gasteiger charge is 2.09. The van der Waals surface area contributed by atoms with Gasteiger partial charge in [0.05, 0.1) is 0 Å². The topological polar surface area (TPSA) is 17.1 Å². The Balaban J connectivity index is 2.36. The second-order valence-corrected chi connectivity index (χ2v) is 4.78. The van der Waals surface area contributed by atoms with Crippen molar-refractivity contribution in [1.82, 2.24) is 0 Å². The summed E-state index contributed by atoms with van der Waals surface area (Å²) in [4.78, 5) is 10.4. The highest BCUT2D eigenvalue weighted by Crippen LogP contribution is 2.26. The lowest BCUT2D eigenvalue weighted by Gasteiger charge is -2.17. The van der Waals surface area contributed by atoms with E-state index in [-0.39, 0.29) is 0 Å². The van der Waals surface area contributed by atoms with Gasteiger partial charge in [0.15, 0.2) is 0 Å². The minimum absolute atomic E-state index is 0.639. The van der Waals surface area contributed by atoms with Crippen LogP contribution in [0.3, 0.4) is 0 Å². The molecule has 1 aliphatic carbocycles. The van der Waals surface area contributed by atoms with Gasteiger partial charge in [0.25, 0.3) is 0 Å². The number of carbonyl (C=O) groups excluding carboxylic acids is 1. The fraction of sp³-hybridized carbons (Fsp3) is 0.533. The summed E-state index contributed by atoms with van der Waals surface area (Å²) in [6.07, 6.45) is 12.0. The van der Waals surface area contributed by atoms with E-state index in [2.05, 4.69) is 26.0 Å². The molecule has 0 aromatic heterocycles. The van der Waals surface area contributed by atoms with Gasteiger partial charge in [-0.25, -0.2) is 0 Å². The monoisotopic (exact) mass is 218 g/mol. The number of allylic oxidation sites excluding steroid dienone is 6. The van der Waals surface area contributed by atoms with E-state index in [4.69, 9.17) is 0 Å². The Bertz CT molecular complexity index is 331. The summed E-state index contributed by atoms with van der Waals surface area (Å²) in [6, 6.07) is 0. The molecule has 1 rings (SSSR count). The molecule has 1 aliphatic rings. The molecule has 0 spiro atoms. The minimum atomic E-state index is 0.639. The molecule has 0 bridgehead atoms. The fourth-order valence-electron chi connectivity index (χ4n) is 1.95. The van der Waals surface area contributed by atoms with Gasteiger partial charge in [-0.15, -0.1) is 0 Å². The molecule has 0 saturated carbocycles. The highest BCUT2D eigenvalue weighted by molar-refractivity contribution is 5.71. The maximum Gasteiger partial charge on any atom is 0.145 e. The lowest BCUT2D eigenvalue weighted by molar-refractivity contribution is -0.104. The van der Waals surface area contributed by atoms with Gasteiger partial charge in [-0.2, -0.15) is 0 Å². The first kappa shape index (κ1) is 13.0. The average Bonchev–Trinajstić information content (AvgIpc) is 2.29. The van der Waals surface area contributed by atoms with Crippen molar-refractivity contribution >= 4 is 6.29 Å². The van der Waals surface area contributed by atoms with Crippen molar-refractivity contribution in [2.75, 3.05) is 0 Å². The maximum atomic E-state index is 10.4. The van der Waals surface area contributed by atoms with Crippen LogP contribution in [0, 0.1) is 5.92 Å². The van der Waals surface area contributed by atoms with E-state index in [1.165, 1.54) is 5.57 Å². The first-order valence-electron chi connectivity index (χ1n) is 6.10. The zero-order valence-corrected chi connectivity index (χ0v) is 10.6. The Hall–Kier alpha value is -1.11. The molecule has 0 N–H and O–H groups in total. The van der Waals surface area contributed by atoms with E-state index in [1.807, 2.05) is 13.0 Å². The van der Waals surface area contributed by atoms with Gasteiger partial charge in [-0.05, 0) is 51.0 Å². The summed E-state index contributed by atoms with van der Waals surface area (Å²) in [5.74, 6) is 0.639. The van der Waals surface area contributed by atoms with E-state index in [0.717, 1.165) is 37.5 Å². The summed E-state index contributed by atoms with van der Waals surface area (Å²) in [5, 5.41) is 0. The van der Waals surface area contributed by atoms with Crippen molar-refractivity contribution in [3.8, 4) is 0 Å². The molecule has 0 amide bonds. The molecule has 0 aromatic carbocycles. The van der Waals surface area contributed by atoms with E-state index in [1.54, 1.807) is 5.57 Å². The summed E-state index contributed by atoms with van der Waals surface area (Å²) in [5.41, 5.74) is 3.89. The van der Waals surface area contributed by atoms with Crippen molar-refractivity contribution in [3.63, 3.8) is 0 Å². The van der Waals surface area contributed by atoms with Crippen LogP contribution in [-0.4, -0.2) is 6.29 Å². The summed E-state index contributed by atoms with van der Waals surface area (Å²) < 4.78 is 0. The van der Waals surface area contributed by atoms with Gasteiger partial charge in [0, 0.05) is 0 Å². The second kappa shape index (κ2) is 6.47. The standard InChI is InChI=1S/C15H22O/c1-12-7-9-15(10-8-12)14(3)6-4-5-13(2)11-16/h5,7,10-11,14H,4,6,8-9H2,1-3H3. The van der Waals surface area contributed by atoms with Crippen LogP contribution in [-0.2, 0) is 4.79 Å². The minimum Gasteiger partial charge on any atom is -0.298 e. The smallest absolute Gasteiger partial charge is 0.145 e. The lowest BCUT2D eigenvalue weighted by atomic mass is 9.88. The quantitative estimate of drug-likeness (QED) is 0.384. The largest absolute Gasteiger partial charge is 0.298 e. The van der Waals surface area contributed by atoms with Gasteiger partial charge in [-0.1, -0.05) is 36.3 Å². The molecule has 88 valence electrons. The molecule has 1 heteroatoms. The Kier molecular flexibility index (Phi) is 5.24. The fourth-order valence-corrected chi connectivity index (χ4v) is 1.95. The molecule has 1 unspecified atom stereocenters. The molecule has 0 radical (unpaired) electrons. The van der Waals surface area contributed by atoms with E-state index in [0.29, 0.717) is 5.92 Å². The van der Waals surface area contributed by atoms with Gasteiger partial charge >= 0.3 is 0 Å². The third kappa shape index (κ3) is 4.18. The van der Waals surface area contributed by atoms with Crippen LogP contribution in [0.25, 0.3) is 0 Å². The van der Waals surface area contributed by atoms with E-state index < -0.39 is 0 Å². The predicted octanol–water partition coefficient (Wildman–Crippen LogP) is 4.21. The molecule has 1 nitrogen and oxygen atoms in total. The Labute approximate surface area is 98.9 Å². The number of hydrogen-bond acceptors (Lipinski definition) is 1. The SMILES string of the molecule is CC(C=O)=CCCC(C)C1=CCC(C)=CC1. The van der Waals surface area contributed by atoms with Gasteiger partial charge in [-0.3, -0.25) is 4.79 Å². The summed E-state index contributed by atoms with van der Waals surface area (Å²) in [6.45, 7) is 6.34.